The first kappa shape index (κ1) is 18.3. The van der Waals surface area contributed by atoms with Crippen molar-refractivity contribution in [2.75, 3.05) is 26.4 Å². The number of hydrogen-bond donors (Lipinski definition) is 2. The van der Waals surface area contributed by atoms with Gasteiger partial charge in [-0.05, 0) is 37.5 Å². The summed E-state index contributed by atoms with van der Waals surface area (Å²) in [5.41, 5.74) is 6.36. The van der Waals surface area contributed by atoms with Crippen molar-refractivity contribution < 1.29 is 9.13 Å². The van der Waals surface area contributed by atoms with E-state index in [4.69, 9.17) is 33.7 Å². The summed E-state index contributed by atoms with van der Waals surface area (Å²) >= 11 is 12.1. The minimum absolute atomic E-state index is 0.125. The number of nitrogens with two attached hydrogens (primary N) is 1. The molecule has 0 amide bonds. The molecule has 1 saturated heterocycles. The van der Waals surface area contributed by atoms with Crippen LogP contribution >= 0.6 is 23.2 Å². The van der Waals surface area contributed by atoms with Crippen LogP contribution in [-0.4, -0.2) is 32.4 Å². The van der Waals surface area contributed by atoms with E-state index in [-0.39, 0.29) is 12.0 Å². The van der Waals surface area contributed by atoms with Crippen LogP contribution in [0.3, 0.4) is 0 Å². The molecule has 1 aliphatic heterocycles. The SMILES string of the molecule is CC(NC(N)=NCC1(CF)CCOCC1)c1ccc(Cl)cc1Cl. The highest BCUT2D eigenvalue weighted by Gasteiger charge is 2.32. The average molecular weight is 362 g/mol. The minimum atomic E-state index is -0.453. The third-order valence-electron chi connectivity index (χ3n) is 4.22. The highest BCUT2D eigenvalue weighted by molar-refractivity contribution is 6.35. The number of benzene rings is 1. The number of alkyl halides is 1. The average Bonchev–Trinajstić information content (AvgIpc) is 2.53. The van der Waals surface area contributed by atoms with Crippen molar-refractivity contribution >= 4 is 29.2 Å². The van der Waals surface area contributed by atoms with Gasteiger partial charge in [-0.2, -0.15) is 0 Å². The summed E-state index contributed by atoms with van der Waals surface area (Å²) in [5.74, 6) is 0.280. The van der Waals surface area contributed by atoms with E-state index in [0.717, 1.165) is 5.56 Å². The summed E-state index contributed by atoms with van der Waals surface area (Å²) in [5, 5.41) is 4.23. The number of guanidine groups is 1. The molecule has 0 bridgehead atoms. The van der Waals surface area contributed by atoms with Crippen LogP contribution in [0.15, 0.2) is 23.2 Å². The Kier molecular flexibility index (Phi) is 6.50. The standard InChI is InChI=1S/C16H22Cl2FN3O/c1-11(13-3-2-12(17)8-14(13)18)22-15(20)21-10-16(9-19)4-6-23-7-5-16/h2-3,8,11H,4-7,9-10H2,1H3,(H3,20,21,22). The van der Waals surface area contributed by atoms with Crippen molar-refractivity contribution in [1.82, 2.24) is 5.32 Å². The van der Waals surface area contributed by atoms with Gasteiger partial charge in [0.2, 0.25) is 0 Å². The van der Waals surface area contributed by atoms with Gasteiger partial charge in [-0.1, -0.05) is 29.3 Å². The van der Waals surface area contributed by atoms with Gasteiger partial charge in [-0.15, -0.1) is 0 Å². The van der Waals surface area contributed by atoms with E-state index in [1.807, 2.05) is 13.0 Å². The quantitative estimate of drug-likeness (QED) is 0.620. The first-order chi connectivity index (χ1) is 11.0. The fourth-order valence-electron chi connectivity index (χ4n) is 2.59. The maximum atomic E-state index is 13.4. The number of halogens is 3. The molecule has 0 radical (unpaired) electrons. The topological polar surface area (TPSA) is 59.6 Å². The second-order valence-electron chi connectivity index (χ2n) is 5.98. The Hall–Kier alpha value is -1.04. The van der Waals surface area contributed by atoms with Crippen molar-refractivity contribution in [3.05, 3.63) is 33.8 Å². The first-order valence-electron chi connectivity index (χ1n) is 7.61. The van der Waals surface area contributed by atoms with Gasteiger partial charge in [0.05, 0.1) is 19.3 Å². The lowest BCUT2D eigenvalue weighted by Gasteiger charge is -2.33. The number of ether oxygens (including phenoxy) is 1. The molecule has 1 aromatic rings. The molecule has 1 aromatic carbocycles. The van der Waals surface area contributed by atoms with Crippen LogP contribution in [0.2, 0.25) is 10.0 Å². The summed E-state index contributed by atoms with van der Waals surface area (Å²) < 4.78 is 18.7. The Morgan fingerprint density at radius 1 is 1.43 bits per heavy atom. The Morgan fingerprint density at radius 3 is 2.74 bits per heavy atom. The summed E-state index contributed by atoms with van der Waals surface area (Å²) in [4.78, 5) is 4.32. The molecule has 0 saturated carbocycles. The largest absolute Gasteiger partial charge is 0.381 e. The molecule has 128 valence electrons. The minimum Gasteiger partial charge on any atom is -0.381 e. The zero-order chi connectivity index (χ0) is 16.9. The van der Waals surface area contributed by atoms with E-state index < -0.39 is 12.1 Å². The predicted octanol–water partition coefficient (Wildman–Crippen LogP) is 3.73. The van der Waals surface area contributed by atoms with E-state index in [0.29, 0.717) is 42.6 Å². The van der Waals surface area contributed by atoms with Gasteiger partial charge in [-0.25, -0.2) is 0 Å². The molecule has 1 heterocycles. The number of hydrogen-bond acceptors (Lipinski definition) is 2. The molecule has 2 rings (SSSR count). The number of rotatable bonds is 5. The highest BCUT2D eigenvalue weighted by Crippen LogP contribution is 2.31. The fourth-order valence-corrected chi connectivity index (χ4v) is 3.16. The van der Waals surface area contributed by atoms with E-state index in [1.54, 1.807) is 12.1 Å². The van der Waals surface area contributed by atoms with Crippen LogP contribution in [0.25, 0.3) is 0 Å². The molecular formula is C16H22Cl2FN3O. The number of aliphatic imine (C=N–C) groups is 1. The van der Waals surface area contributed by atoms with Crippen molar-refractivity contribution in [3.63, 3.8) is 0 Å². The maximum absolute atomic E-state index is 13.4. The van der Waals surface area contributed by atoms with E-state index >= 15 is 0 Å². The van der Waals surface area contributed by atoms with Crippen molar-refractivity contribution in [2.45, 2.75) is 25.8 Å². The Labute approximate surface area is 146 Å². The zero-order valence-electron chi connectivity index (χ0n) is 13.1. The lowest BCUT2D eigenvalue weighted by Crippen LogP contribution is -2.38. The molecule has 1 atom stereocenters. The van der Waals surface area contributed by atoms with E-state index in [9.17, 15) is 4.39 Å². The van der Waals surface area contributed by atoms with Crippen LogP contribution in [0.1, 0.15) is 31.4 Å². The van der Waals surface area contributed by atoms with Gasteiger partial charge in [0.1, 0.15) is 0 Å². The molecule has 0 aliphatic carbocycles. The van der Waals surface area contributed by atoms with E-state index in [1.165, 1.54) is 0 Å². The molecular weight excluding hydrogens is 340 g/mol. The summed E-state index contributed by atoms with van der Waals surface area (Å²) in [6.07, 6.45) is 1.33. The molecule has 1 fully saturated rings. The Bertz CT molecular complexity index is 562. The highest BCUT2D eigenvalue weighted by atomic mass is 35.5. The molecule has 7 heteroatoms. The second kappa shape index (κ2) is 8.18. The maximum Gasteiger partial charge on any atom is 0.189 e. The van der Waals surface area contributed by atoms with Crippen LogP contribution in [0, 0.1) is 5.41 Å². The van der Waals surface area contributed by atoms with Gasteiger partial charge < -0.3 is 15.8 Å². The Balaban J connectivity index is 1.98. The third-order valence-corrected chi connectivity index (χ3v) is 4.78. The second-order valence-corrected chi connectivity index (χ2v) is 6.82. The predicted molar refractivity (Wildman–Crippen MR) is 93.0 cm³/mol. The van der Waals surface area contributed by atoms with Crippen LogP contribution in [0.4, 0.5) is 4.39 Å². The van der Waals surface area contributed by atoms with Crippen molar-refractivity contribution in [2.24, 2.45) is 16.1 Å². The third kappa shape index (κ3) is 4.96. The monoisotopic (exact) mass is 361 g/mol. The molecule has 23 heavy (non-hydrogen) atoms. The molecule has 3 N–H and O–H groups in total. The lowest BCUT2D eigenvalue weighted by atomic mass is 9.82. The van der Waals surface area contributed by atoms with Crippen LogP contribution in [-0.2, 0) is 4.74 Å². The van der Waals surface area contributed by atoms with Gasteiger partial charge in [0, 0.05) is 28.7 Å². The van der Waals surface area contributed by atoms with Gasteiger partial charge in [0.25, 0.3) is 0 Å². The van der Waals surface area contributed by atoms with Crippen LogP contribution in [0.5, 0.6) is 0 Å². The molecule has 0 aromatic heterocycles. The molecule has 0 spiro atoms. The van der Waals surface area contributed by atoms with Crippen LogP contribution < -0.4 is 11.1 Å². The van der Waals surface area contributed by atoms with Crippen molar-refractivity contribution in [1.29, 1.82) is 0 Å². The fraction of sp³-hybridized carbons (Fsp3) is 0.562. The molecule has 4 nitrogen and oxygen atoms in total. The smallest absolute Gasteiger partial charge is 0.189 e. The molecule has 1 aliphatic rings. The van der Waals surface area contributed by atoms with E-state index in [2.05, 4.69) is 10.3 Å². The zero-order valence-corrected chi connectivity index (χ0v) is 14.6. The van der Waals surface area contributed by atoms with Crippen molar-refractivity contribution in [3.8, 4) is 0 Å². The summed E-state index contributed by atoms with van der Waals surface area (Å²) in [6.45, 7) is 3.02. The lowest BCUT2D eigenvalue weighted by molar-refractivity contribution is 0.00692. The summed E-state index contributed by atoms with van der Waals surface area (Å²) in [7, 11) is 0. The van der Waals surface area contributed by atoms with Gasteiger partial charge in [-0.3, -0.25) is 9.38 Å². The van der Waals surface area contributed by atoms with Gasteiger partial charge in [0.15, 0.2) is 5.96 Å². The normalized spacial score (nSPS) is 19.4. The Morgan fingerprint density at radius 2 is 2.13 bits per heavy atom. The summed E-state index contributed by atoms with van der Waals surface area (Å²) in [6, 6.07) is 5.18. The van der Waals surface area contributed by atoms with Gasteiger partial charge >= 0.3 is 0 Å². The first-order valence-corrected chi connectivity index (χ1v) is 8.36. The number of nitrogens with zero attached hydrogens (tertiary/aromatic N) is 1. The number of nitrogens with one attached hydrogen (secondary N) is 1. The molecule has 1 unspecified atom stereocenters.